The molecule has 2 atom stereocenters. The smallest absolute Gasteiger partial charge is 0.344 e. The van der Waals surface area contributed by atoms with Crippen LogP contribution in [-0.4, -0.2) is 76.4 Å². The van der Waals surface area contributed by atoms with E-state index in [0.717, 1.165) is 11.4 Å². The minimum Gasteiger partial charge on any atom is -0.494 e. The molecule has 2 aromatic rings. The first kappa shape index (κ1) is 26.6. The maximum atomic E-state index is 13.0. The molecule has 4 amide bonds. The Labute approximate surface area is 219 Å². The maximum absolute atomic E-state index is 13.0. The Balaban J connectivity index is 1.47. The molecular formula is C26H29N5O7. The van der Waals surface area contributed by atoms with Gasteiger partial charge < -0.3 is 19.6 Å². The summed E-state index contributed by atoms with van der Waals surface area (Å²) in [5.74, 6) is -1.61. The third-order valence-electron chi connectivity index (χ3n) is 6.69. The molecular weight excluding hydrogens is 494 g/mol. The van der Waals surface area contributed by atoms with Crippen molar-refractivity contribution in [2.45, 2.75) is 26.3 Å². The summed E-state index contributed by atoms with van der Waals surface area (Å²) in [6.07, 6.45) is 0.376. The molecule has 200 valence electrons. The van der Waals surface area contributed by atoms with Crippen molar-refractivity contribution in [2.75, 3.05) is 37.7 Å². The van der Waals surface area contributed by atoms with E-state index in [4.69, 9.17) is 4.74 Å². The van der Waals surface area contributed by atoms with Gasteiger partial charge in [-0.05, 0) is 50.1 Å². The zero-order valence-electron chi connectivity index (χ0n) is 21.1. The van der Waals surface area contributed by atoms with Crippen LogP contribution in [0.15, 0.2) is 53.5 Å². The molecule has 1 fully saturated rings. The van der Waals surface area contributed by atoms with Gasteiger partial charge in [0.15, 0.2) is 0 Å². The van der Waals surface area contributed by atoms with Crippen molar-refractivity contribution in [3.05, 3.63) is 64.2 Å². The third-order valence-corrected chi connectivity index (χ3v) is 6.69. The lowest BCUT2D eigenvalue weighted by atomic mass is 9.86. The number of aliphatic carboxylic acids is 1. The van der Waals surface area contributed by atoms with Crippen LogP contribution in [0.1, 0.15) is 31.9 Å². The lowest BCUT2D eigenvalue weighted by Gasteiger charge is -2.38. The fraction of sp³-hybridized carbons (Fsp3) is 0.385. The van der Waals surface area contributed by atoms with Gasteiger partial charge in [0, 0.05) is 49.7 Å². The predicted molar refractivity (Wildman–Crippen MR) is 139 cm³/mol. The number of carboxylic acids is 1. The van der Waals surface area contributed by atoms with Crippen LogP contribution >= 0.6 is 0 Å². The molecule has 4 rings (SSSR count). The zero-order valence-corrected chi connectivity index (χ0v) is 21.1. The van der Waals surface area contributed by atoms with E-state index in [1.54, 1.807) is 15.9 Å². The number of hydrogen-bond acceptors (Lipinski definition) is 6. The molecule has 2 unspecified atom stereocenters. The zero-order chi connectivity index (χ0) is 27.4. The van der Waals surface area contributed by atoms with Crippen LogP contribution in [0, 0.1) is 16.0 Å². The van der Waals surface area contributed by atoms with Crippen LogP contribution < -0.4 is 9.64 Å². The van der Waals surface area contributed by atoms with E-state index >= 15 is 0 Å². The van der Waals surface area contributed by atoms with Gasteiger partial charge in [-0.15, -0.1) is 0 Å². The van der Waals surface area contributed by atoms with E-state index < -0.39 is 28.9 Å². The number of amides is 4. The molecule has 0 spiro atoms. The van der Waals surface area contributed by atoms with E-state index in [1.165, 1.54) is 30.0 Å². The summed E-state index contributed by atoms with van der Waals surface area (Å²) in [6, 6.07) is 11.2. The first-order chi connectivity index (χ1) is 18.2. The Kier molecular flexibility index (Phi) is 7.89. The van der Waals surface area contributed by atoms with Gasteiger partial charge in [-0.2, -0.15) is 0 Å². The molecule has 1 N–H and O–H groups in total. The van der Waals surface area contributed by atoms with Crippen LogP contribution in [0.4, 0.5) is 21.0 Å². The second-order valence-electron chi connectivity index (χ2n) is 9.04. The quantitative estimate of drug-likeness (QED) is 0.366. The highest BCUT2D eigenvalue weighted by atomic mass is 16.6. The Bertz CT molecular complexity index is 1260. The lowest BCUT2D eigenvalue weighted by molar-refractivity contribution is -0.385. The molecule has 0 bridgehead atoms. The Hall–Kier alpha value is -4.48. The molecule has 1 saturated heterocycles. The largest absolute Gasteiger partial charge is 0.494 e. The van der Waals surface area contributed by atoms with Gasteiger partial charge in [0.2, 0.25) is 0 Å². The van der Waals surface area contributed by atoms with E-state index in [0.29, 0.717) is 38.2 Å². The second kappa shape index (κ2) is 11.3. The minimum absolute atomic E-state index is 0.125. The van der Waals surface area contributed by atoms with Gasteiger partial charge in [-0.1, -0.05) is 12.1 Å². The van der Waals surface area contributed by atoms with Crippen LogP contribution in [0.3, 0.4) is 0 Å². The fourth-order valence-electron chi connectivity index (χ4n) is 4.91. The molecule has 2 aromatic carbocycles. The Morgan fingerprint density at radius 2 is 1.89 bits per heavy atom. The number of nitro groups is 1. The summed E-state index contributed by atoms with van der Waals surface area (Å²) in [5, 5.41) is 21.2. The van der Waals surface area contributed by atoms with Crippen molar-refractivity contribution < 1.29 is 29.2 Å². The number of non-ortho nitro benzene ring substituents is 1. The standard InChI is InChI=1S/C26H29N5O7/c1-3-38-21-10-8-19(9-11-21)29-15-14-28(26(29)35)12-5-13-30-23(18-6-4-7-20(16-18)31(36)37)22(24(32)33)17(2)27-25(30)34/h4,6-11,16,22-23H,3,5,12-15H2,1-2H3,(H,32,33). The molecule has 12 heteroatoms. The molecule has 0 radical (unpaired) electrons. The topological polar surface area (TPSA) is 146 Å². The molecule has 2 aliphatic heterocycles. The number of nitrogens with zero attached hydrogens (tertiary/aromatic N) is 5. The fourth-order valence-corrected chi connectivity index (χ4v) is 4.91. The maximum Gasteiger partial charge on any atom is 0.344 e. The number of carbonyl (C=O) groups is 3. The highest BCUT2D eigenvalue weighted by Crippen LogP contribution is 2.36. The van der Waals surface area contributed by atoms with E-state index in [-0.39, 0.29) is 24.0 Å². The van der Waals surface area contributed by atoms with Gasteiger partial charge >= 0.3 is 18.0 Å². The number of carboxylic acid groups (broad SMARTS) is 1. The van der Waals surface area contributed by atoms with Crippen molar-refractivity contribution >= 4 is 35.1 Å². The summed E-state index contributed by atoms with van der Waals surface area (Å²) < 4.78 is 5.45. The molecule has 12 nitrogen and oxygen atoms in total. The van der Waals surface area contributed by atoms with E-state index in [1.807, 2.05) is 31.2 Å². The summed E-state index contributed by atoms with van der Waals surface area (Å²) in [7, 11) is 0. The number of urea groups is 2. The molecule has 2 heterocycles. The normalized spacial score (nSPS) is 19.5. The highest BCUT2D eigenvalue weighted by molar-refractivity contribution is 6.07. The van der Waals surface area contributed by atoms with Crippen molar-refractivity contribution in [1.82, 2.24) is 9.80 Å². The average Bonchev–Trinajstić information content (AvgIpc) is 3.25. The first-order valence-corrected chi connectivity index (χ1v) is 12.3. The van der Waals surface area contributed by atoms with Crippen LogP contribution in [0.5, 0.6) is 5.75 Å². The Morgan fingerprint density at radius 1 is 1.16 bits per heavy atom. The van der Waals surface area contributed by atoms with Crippen molar-refractivity contribution in [1.29, 1.82) is 0 Å². The number of nitro benzene ring substituents is 1. The number of aliphatic imine (C=N–C) groups is 1. The number of benzene rings is 2. The number of ether oxygens (including phenoxy) is 1. The average molecular weight is 524 g/mol. The molecule has 0 aromatic heterocycles. The summed E-state index contributed by atoms with van der Waals surface area (Å²) in [4.78, 5) is 57.4. The lowest BCUT2D eigenvalue weighted by Crippen LogP contribution is -2.47. The highest BCUT2D eigenvalue weighted by Gasteiger charge is 2.42. The third kappa shape index (κ3) is 5.43. The summed E-state index contributed by atoms with van der Waals surface area (Å²) >= 11 is 0. The van der Waals surface area contributed by atoms with Crippen LogP contribution in [0.25, 0.3) is 0 Å². The summed E-state index contributed by atoms with van der Waals surface area (Å²) in [6.45, 7) is 5.40. The minimum atomic E-state index is -1.18. The van der Waals surface area contributed by atoms with Gasteiger partial charge in [0.1, 0.15) is 11.7 Å². The Morgan fingerprint density at radius 3 is 2.55 bits per heavy atom. The molecule has 38 heavy (non-hydrogen) atoms. The van der Waals surface area contributed by atoms with Crippen molar-refractivity contribution in [3.8, 4) is 5.75 Å². The van der Waals surface area contributed by atoms with Crippen LogP contribution in [-0.2, 0) is 4.79 Å². The number of anilines is 1. The van der Waals surface area contributed by atoms with Gasteiger partial charge in [0.25, 0.3) is 5.69 Å². The summed E-state index contributed by atoms with van der Waals surface area (Å²) in [5.41, 5.74) is 1.03. The number of hydrogen-bond donors (Lipinski definition) is 1. The first-order valence-electron chi connectivity index (χ1n) is 12.3. The molecule has 0 aliphatic carbocycles. The van der Waals surface area contributed by atoms with Gasteiger partial charge in [-0.25, -0.2) is 14.6 Å². The van der Waals surface area contributed by atoms with E-state index in [2.05, 4.69) is 4.99 Å². The van der Waals surface area contributed by atoms with Crippen molar-refractivity contribution in [3.63, 3.8) is 0 Å². The second-order valence-corrected chi connectivity index (χ2v) is 9.04. The molecule has 2 aliphatic rings. The van der Waals surface area contributed by atoms with Crippen LogP contribution in [0.2, 0.25) is 0 Å². The van der Waals surface area contributed by atoms with Gasteiger partial charge in [-0.3, -0.25) is 19.8 Å². The molecule has 0 saturated carbocycles. The predicted octanol–water partition coefficient (Wildman–Crippen LogP) is 3.96. The van der Waals surface area contributed by atoms with E-state index in [9.17, 15) is 29.6 Å². The van der Waals surface area contributed by atoms with Crippen molar-refractivity contribution in [2.24, 2.45) is 10.9 Å². The van der Waals surface area contributed by atoms with Gasteiger partial charge in [0.05, 0.1) is 17.6 Å². The SMILES string of the molecule is CCOc1ccc(N2CCN(CCCN3C(=O)N=C(C)C(C(=O)O)C3c3cccc([N+](=O)[O-])c3)C2=O)cc1. The monoisotopic (exact) mass is 523 g/mol. The number of carbonyl (C=O) groups excluding carboxylic acids is 2. The number of rotatable bonds is 10.